The Morgan fingerprint density at radius 3 is 2.05 bits per heavy atom. The van der Waals surface area contributed by atoms with Gasteiger partial charge in [-0.25, -0.2) is 26.6 Å². The zero-order valence-electron chi connectivity index (χ0n) is 21.7. The standard InChI is InChI=1S/C25H34N4O6S2/c1-8-20-15-19(10-12-22(20)27-36(6,31)32)17-28(24(30)35-25(3,4)5)29(37(7,33)34)23-13-11-18(16-26)14-21(23)9-2/h8-15,27H,1-2,16-17,26H2,3-7H3. The molecule has 0 aliphatic heterocycles. The van der Waals surface area contributed by atoms with Crippen LogP contribution in [0, 0.1) is 0 Å². The monoisotopic (exact) mass is 550 g/mol. The average molecular weight is 551 g/mol. The van der Waals surface area contributed by atoms with Gasteiger partial charge in [-0.3, -0.25) is 4.72 Å². The Morgan fingerprint density at radius 2 is 1.57 bits per heavy atom. The first kappa shape index (κ1) is 29.9. The minimum Gasteiger partial charge on any atom is -0.442 e. The number of rotatable bonds is 10. The van der Waals surface area contributed by atoms with Crippen LogP contribution in [-0.2, 0) is 37.9 Å². The van der Waals surface area contributed by atoms with Crippen LogP contribution in [0.15, 0.2) is 49.6 Å². The lowest BCUT2D eigenvalue weighted by atomic mass is 10.1. The van der Waals surface area contributed by atoms with Crippen molar-refractivity contribution >= 4 is 49.7 Å². The number of ether oxygens (including phenoxy) is 1. The summed E-state index contributed by atoms with van der Waals surface area (Å²) in [7, 11) is -7.62. The van der Waals surface area contributed by atoms with Crippen LogP contribution in [0.2, 0.25) is 0 Å². The molecule has 0 atom stereocenters. The largest absolute Gasteiger partial charge is 0.442 e. The second-order valence-corrected chi connectivity index (χ2v) is 12.9. The van der Waals surface area contributed by atoms with Crippen LogP contribution in [0.3, 0.4) is 0 Å². The van der Waals surface area contributed by atoms with E-state index in [1.54, 1.807) is 51.1 Å². The minimum absolute atomic E-state index is 0.180. The first-order valence-corrected chi connectivity index (χ1v) is 14.9. The van der Waals surface area contributed by atoms with Gasteiger partial charge >= 0.3 is 6.09 Å². The van der Waals surface area contributed by atoms with Gasteiger partial charge in [0.25, 0.3) is 0 Å². The lowest BCUT2D eigenvalue weighted by Crippen LogP contribution is -2.51. The molecule has 2 aromatic carbocycles. The third-order valence-electron chi connectivity index (χ3n) is 4.85. The van der Waals surface area contributed by atoms with Crippen LogP contribution < -0.4 is 14.9 Å². The maximum absolute atomic E-state index is 13.4. The van der Waals surface area contributed by atoms with Crippen molar-refractivity contribution in [2.45, 2.75) is 39.5 Å². The highest BCUT2D eigenvalue weighted by atomic mass is 32.2. The van der Waals surface area contributed by atoms with Crippen molar-refractivity contribution in [3.8, 4) is 0 Å². The van der Waals surface area contributed by atoms with Crippen LogP contribution in [-0.4, -0.2) is 46.1 Å². The molecule has 3 N–H and O–H groups in total. The second-order valence-electron chi connectivity index (χ2n) is 9.35. The van der Waals surface area contributed by atoms with Crippen molar-refractivity contribution < 1.29 is 26.4 Å². The van der Waals surface area contributed by atoms with E-state index in [9.17, 15) is 21.6 Å². The Hall–Kier alpha value is -3.35. The Kier molecular flexibility index (Phi) is 9.18. The summed E-state index contributed by atoms with van der Waals surface area (Å²) in [4.78, 5) is 13.4. The average Bonchev–Trinajstić information content (AvgIpc) is 2.76. The number of sulfonamides is 2. The smallest absolute Gasteiger partial charge is 0.430 e. The molecule has 0 saturated carbocycles. The first-order valence-electron chi connectivity index (χ1n) is 11.2. The number of hydrogen-bond donors (Lipinski definition) is 2. The van der Waals surface area contributed by atoms with Gasteiger partial charge in [0.1, 0.15) is 5.60 Å². The molecule has 12 heteroatoms. The Morgan fingerprint density at radius 1 is 1.00 bits per heavy atom. The van der Waals surface area contributed by atoms with E-state index in [4.69, 9.17) is 10.5 Å². The van der Waals surface area contributed by atoms with Crippen LogP contribution >= 0.6 is 0 Å². The number of nitrogens with zero attached hydrogens (tertiary/aromatic N) is 2. The van der Waals surface area contributed by atoms with Gasteiger partial charge in [0, 0.05) is 12.1 Å². The lowest BCUT2D eigenvalue weighted by Gasteiger charge is -2.36. The molecule has 202 valence electrons. The molecule has 0 aliphatic rings. The summed E-state index contributed by atoms with van der Waals surface area (Å²) in [6.07, 6.45) is 4.01. The Labute approximate surface area is 219 Å². The zero-order chi connectivity index (χ0) is 28.2. The van der Waals surface area contributed by atoms with E-state index in [0.717, 1.165) is 27.5 Å². The molecule has 10 nitrogen and oxygen atoms in total. The minimum atomic E-state index is -4.07. The molecule has 0 aromatic heterocycles. The molecule has 0 bridgehead atoms. The van der Waals surface area contributed by atoms with Crippen molar-refractivity contribution in [3.63, 3.8) is 0 Å². The quantitative estimate of drug-likeness (QED) is 0.427. The summed E-state index contributed by atoms with van der Waals surface area (Å²) < 4.78 is 58.5. The van der Waals surface area contributed by atoms with Gasteiger partial charge in [-0.2, -0.15) is 4.41 Å². The highest BCUT2D eigenvalue weighted by Gasteiger charge is 2.34. The van der Waals surface area contributed by atoms with E-state index < -0.39 is 31.7 Å². The van der Waals surface area contributed by atoms with Gasteiger partial charge in [-0.1, -0.05) is 37.4 Å². The number of carbonyl (C=O) groups is 1. The van der Waals surface area contributed by atoms with Gasteiger partial charge in [0.05, 0.1) is 30.4 Å². The lowest BCUT2D eigenvalue weighted by molar-refractivity contribution is 0.0245. The van der Waals surface area contributed by atoms with Crippen molar-refractivity contribution in [2.75, 3.05) is 21.6 Å². The first-order chi connectivity index (χ1) is 17.0. The highest BCUT2D eigenvalue weighted by molar-refractivity contribution is 7.92. The van der Waals surface area contributed by atoms with E-state index in [2.05, 4.69) is 17.9 Å². The van der Waals surface area contributed by atoms with Gasteiger partial charge in [-0.05, 0) is 61.7 Å². The molecule has 1 amide bonds. The molecule has 0 unspecified atom stereocenters. The summed E-state index contributed by atoms with van der Waals surface area (Å²) in [5.41, 5.74) is 7.42. The van der Waals surface area contributed by atoms with Gasteiger partial charge < -0.3 is 10.5 Å². The Balaban J connectivity index is 2.70. The number of amides is 1. The second kappa shape index (κ2) is 11.4. The number of anilines is 2. The van der Waals surface area contributed by atoms with Gasteiger partial charge in [0.15, 0.2) is 0 Å². The maximum atomic E-state index is 13.4. The molecule has 0 saturated heterocycles. The highest BCUT2D eigenvalue weighted by Crippen LogP contribution is 2.30. The van der Waals surface area contributed by atoms with E-state index >= 15 is 0 Å². The molecule has 0 spiro atoms. The van der Waals surface area contributed by atoms with E-state index in [0.29, 0.717) is 16.7 Å². The van der Waals surface area contributed by atoms with Crippen LogP contribution in [0.1, 0.15) is 43.0 Å². The number of nitrogens with one attached hydrogen (secondary N) is 1. The van der Waals surface area contributed by atoms with Crippen LogP contribution in [0.25, 0.3) is 12.2 Å². The maximum Gasteiger partial charge on any atom is 0.430 e. The molecule has 0 radical (unpaired) electrons. The summed E-state index contributed by atoms with van der Waals surface area (Å²) >= 11 is 0. The number of benzene rings is 2. The normalized spacial score (nSPS) is 11.9. The predicted octanol–water partition coefficient (Wildman–Crippen LogP) is 3.92. The third kappa shape index (κ3) is 8.34. The topological polar surface area (TPSA) is 139 Å². The Bertz CT molecular complexity index is 1400. The van der Waals surface area contributed by atoms with E-state index in [1.165, 1.54) is 18.2 Å². The van der Waals surface area contributed by atoms with Crippen LogP contribution in [0.5, 0.6) is 0 Å². The fourth-order valence-corrected chi connectivity index (χ4v) is 5.01. The summed E-state index contributed by atoms with van der Waals surface area (Å²) in [5.74, 6) is 0. The fraction of sp³-hybridized carbons (Fsp3) is 0.320. The molecular weight excluding hydrogens is 516 g/mol. The summed E-state index contributed by atoms with van der Waals surface area (Å²) in [6, 6.07) is 9.58. The van der Waals surface area contributed by atoms with E-state index in [-0.39, 0.29) is 24.5 Å². The molecular formula is C25H34N4O6S2. The number of nitrogens with two attached hydrogens (primary N) is 1. The SMILES string of the molecule is C=Cc1cc(CN(C(=O)OC(C)(C)C)N(c2ccc(CN)cc2C=C)S(C)(=O)=O)ccc1NS(C)(=O)=O. The molecule has 2 rings (SSSR count). The van der Waals surface area contributed by atoms with Crippen molar-refractivity contribution in [1.82, 2.24) is 5.01 Å². The third-order valence-corrected chi connectivity index (χ3v) is 6.47. The molecule has 0 heterocycles. The summed E-state index contributed by atoms with van der Waals surface area (Å²) in [6.45, 7) is 12.5. The molecule has 2 aromatic rings. The molecule has 37 heavy (non-hydrogen) atoms. The van der Waals surface area contributed by atoms with Crippen LogP contribution in [0.4, 0.5) is 16.2 Å². The van der Waals surface area contributed by atoms with Gasteiger partial charge in [-0.15, -0.1) is 0 Å². The van der Waals surface area contributed by atoms with Crippen molar-refractivity contribution in [3.05, 3.63) is 71.8 Å². The van der Waals surface area contributed by atoms with Gasteiger partial charge in [0.2, 0.25) is 20.0 Å². The fourth-order valence-electron chi connectivity index (χ4n) is 3.42. The van der Waals surface area contributed by atoms with Crippen molar-refractivity contribution in [2.24, 2.45) is 5.73 Å². The van der Waals surface area contributed by atoms with E-state index in [1.807, 2.05) is 0 Å². The van der Waals surface area contributed by atoms with Crippen molar-refractivity contribution in [1.29, 1.82) is 0 Å². The summed E-state index contributed by atoms with van der Waals surface area (Å²) in [5, 5.41) is 0.969. The predicted molar refractivity (Wildman–Crippen MR) is 149 cm³/mol. The molecule has 0 aliphatic carbocycles. The number of carbonyl (C=O) groups excluding carboxylic acids is 1. The zero-order valence-corrected chi connectivity index (χ0v) is 23.3. The number of hydrazine groups is 1. The molecule has 0 fully saturated rings. The number of hydrogen-bond acceptors (Lipinski definition) is 7.